The molecule has 1 atom stereocenters. The number of hydrogen-bond donors (Lipinski definition) is 1. The normalized spacial score (nSPS) is 12.1. The van der Waals surface area contributed by atoms with Crippen molar-refractivity contribution in [3.05, 3.63) is 102 Å². The Bertz CT molecular complexity index is 1230. The Hall–Kier alpha value is -3.52. The number of rotatable bonds is 12. The smallest absolute Gasteiger partial charge is 0.222 e. The molecule has 0 bridgehead atoms. The van der Waals surface area contributed by atoms with E-state index in [2.05, 4.69) is 4.90 Å². The third kappa shape index (κ3) is 6.79. The van der Waals surface area contributed by atoms with Crippen LogP contribution in [0.25, 0.3) is 11.3 Å². The molecule has 0 saturated heterocycles. The molecule has 0 fully saturated rings. The molecule has 0 aliphatic carbocycles. The minimum Gasteiger partial charge on any atom is -0.439 e. The largest absolute Gasteiger partial charge is 0.439 e. The first kappa shape index (κ1) is 25.6. The molecule has 0 amide bonds. The van der Waals surface area contributed by atoms with Gasteiger partial charge in [-0.25, -0.2) is 9.07 Å². The highest BCUT2D eigenvalue weighted by Gasteiger charge is 2.23. The summed E-state index contributed by atoms with van der Waals surface area (Å²) in [5.41, 5.74) is 3.67. The van der Waals surface area contributed by atoms with Crippen molar-refractivity contribution in [3.63, 3.8) is 0 Å². The number of aromatic nitrogens is 2. The number of benzene rings is 3. The summed E-state index contributed by atoms with van der Waals surface area (Å²) in [4.78, 5) is 2.14. The van der Waals surface area contributed by atoms with Crippen LogP contribution in [0.4, 0.5) is 4.39 Å². The number of nitrogens with zero attached hydrogens (tertiary/aromatic N) is 3. The zero-order chi connectivity index (χ0) is 25.3. The van der Waals surface area contributed by atoms with Gasteiger partial charge in [0.15, 0.2) is 0 Å². The van der Waals surface area contributed by atoms with E-state index in [1.807, 2.05) is 67.7 Å². The van der Waals surface area contributed by atoms with E-state index in [-0.39, 0.29) is 5.82 Å². The molecule has 1 aromatic heterocycles. The van der Waals surface area contributed by atoms with Crippen LogP contribution in [0.1, 0.15) is 11.1 Å². The number of ether oxygens (including phenoxy) is 2. The van der Waals surface area contributed by atoms with Gasteiger partial charge in [-0.15, -0.1) is 0 Å². The monoisotopic (exact) mass is 489 g/mol. The van der Waals surface area contributed by atoms with Crippen molar-refractivity contribution in [3.8, 4) is 22.9 Å². The average molecular weight is 490 g/mol. The van der Waals surface area contributed by atoms with Crippen molar-refractivity contribution in [1.29, 1.82) is 0 Å². The molecule has 0 aliphatic rings. The number of halogens is 1. The minimum absolute atomic E-state index is 0.370. The Kier molecular flexibility index (Phi) is 8.84. The van der Waals surface area contributed by atoms with E-state index in [1.54, 1.807) is 23.9 Å². The first-order chi connectivity index (χ1) is 17.5. The quantitative estimate of drug-likeness (QED) is 0.301. The summed E-state index contributed by atoms with van der Waals surface area (Å²) in [6.07, 6.45) is -0.0103. The molecule has 36 heavy (non-hydrogen) atoms. The highest BCUT2D eigenvalue weighted by molar-refractivity contribution is 5.65. The van der Waals surface area contributed by atoms with E-state index in [4.69, 9.17) is 14.6 Å². The van der Waals surface area contributed by atoms with E-state index in [1.165, 1.54) is 12.1 Å². The summed E-state index contributed by atoms with van der Waals surface area (Å²) >= 11 is 0. The molecule has 0 aliphatic heterocycles. The number of aliphatic hydroxyl groups excluding tert-OH is 1. The SMILES string of the molecule is COCCN(Cc1c(-c2ccccc2)nn(C)c1Oc1cccc(F)c1)CC(O)Cc1ccccc1. The van der Waals surface area contributed by atoms with Crippen LogP contribution in [-0.4, -0.2) is 52.7 Å². The highest BCUT2D eigenvalue weighted by Crippen LogP contribution is 2.34. The minimum atomic E-state index is -0.561. The van der Waals surface area contributed by atoms with E-state index in [9.17, 15) is 9.50 Å². The molecular formula is C29H32FN3O3. The summed E-state index contributed by atoms with van der Waals surface area (Å²) in [5, 5.41) is 15.7. The van der Waals surface area contributed by atoms with E-state index in [0.717, 1.165) is 22.4 Å². The number of aryl methyl sites for hydroxylation is 1. The molecule has 6 nitrogen and oxygen atoms in total. The molecule has 0 radical (unpaired) electrons. The fourth-order valence-corrected chi connectivity index (χ4v) is 4.22. The summed E-state index contributed by atoms with van der Waals surface area (Å²) in [5.74, 6) is 0.552. The lowest BCUT2D eigenvalue weighted by Crippen LogP contribution is -2.35. The third-order valence-electron chi connectivity index (χ3n) is 5.92. The summed E-state index contributed by atoms with van der Waals surface area (Å²) in [6, 6.07) is 25.9. The molecule has 3 aromatic carbocycles. The summed E-state index contributed by atoms with van der Waals surface area (Å²) < 4.78 is 27.1. The Morgan fingerprint density at radius 1 is 1.00 bits per heavy atom. The first-order valence-corrected chi connectivity index (χ1v) is 12.0. The van der Waals surface area contributed by atoms with Crippen LogP contribution in [0, 0.1) is 5.82 Å². The van der Waals surface area contributed by atoms with E-state index in [0.29, 0.717) is 44.3 Å². The van der Waals surface area contributed by atoms with Gasteiger partial charge in [-0.3, -0.25) is 4.90 Å². The predicted molar refractivity (Wildman–Crippen MR) is 138 cm³/mol. The maximum Gasteiger partial charge on any atom is 0.222 e. The maximum absolute atomic E-state index is 13.9. The predicted octanol–water partition coefficient (Wildman–Crippen LogP) is 5.07. The van der Waals surface area contributed by atoms with Gasteiger partial charge in [-0.2, -0.15) is 5.10 Å². The van der Waals surface area contributed by atoms with Crippen LogP contribution >= 0.6 is 0 Å². The Morgan fingerprint density at radius 3 is 2.42 bits per heavy atom. The number of aliphatic hydroxyl groups is 1. The van der Waals surface area contributed by atoms with Crippen molar-refractivity contribution in [2.45, 2.75) is 19.1 Å². The highest BCUT2D eigenvalue weighted by atomic mass is 19.1. The lowest BCUT2D eigenvalue weighted by molar-refractivity contribution is 0.0848. The fraction of sp³-hybridized carbons (Fsp3) is 0.276. The van der Waals surface area contributed by atoms with Crippen molar-refractivity contribution in [1.82, 2.24) is 14.7 Å². The molecule has 0 saturated carbocycles. The van der Waals surface area contributed by atoms with Gasteiger partial charge in [-0.1, -0.05) is 66.7 Å². The molecule has 1 unspecified atom stereocenters. The standard InChI is InChI=1S/C29H32FN3O3/c1-32-29(36-26-15-9-14-24(30)19-26)27(28(31-32)23-12-7-4-8-13-23)21-33(16-17-35-2)20-25(34)18-22-10-5-3-6-11-22/h3-15,19,25,34H,16-18,20-21H2,1-2H3. The molecule has 4 rings (SSSR count). The van der Waals surface area contributed by atoms with Crippen molar-refractivity contribution < 1.29 is 19.0 Å². The van der Waals surface area contributed by atoms with Gasteiger partial charge in [-0.05, 0) is 24.1 Å². The second kappa shape index (κ2) is 12.4. The lowest BCUT2D eigenvalue weighted by atomic mass is 10.1. The second-order valence-corrected chi connectivity index (χ2v) is 8.75. The molecule has 4 aromatic rings. The molecule has 1 heterocycles. The van der Waals surface area contributed by atoms with Crippen molar-refractivity contribution in [2.75, 3.05) is 26.8 Å². The van der Waals surface area contributed by atoms with Crippen LogP contribution in [0.2, 0.25) is 0 Å². The Balaban J connectivity index is 1.64. The second-order valence-electron chi connectivity index (χ2n) is 8.75. The van der Waals surface area contributed by atoms with Crippen LogP contribution in [0.15, 0.2) is 84.9 Å². The fourth-order valence-electron chi connectivity index (χ4n) is 4.22. The van der Waals surface area contributed by atoms with Crippen LogP contribution in [0.3, 0.4) is 0 Å². The van der Waals surface area contributed by atoms with Gasteiger partial charge in [0.2, 0.25) is 5.88 Å². The van der Waals surface area contributed by atoms with E-state index >= 15 is 0 Å². The van der Waals surface area contributed by atoms with Gasteiger partial charge in [0, 0.05) is 45.4 Å². The van der Waals surface area contributed by atoms with Gasteiger partial charge < -0.3 is 14.6 Å². The average Bonchev–Trinajstić information content (AvgIpc) is 3.18. The van der Waals surface area contributed by atoms with E-state index < -0.39 is 6.10 Å². The molecule has 1 N–H and O–H groups in total. The van der Waals surface area contributed by atoms with Gasteiger partial charge in [0.05, 0.1) is 18.3 Å². The van der Waals surface area contributed by atoms with Crippen LogP contribution in [0.5, 0.6) is 11.6 Å². The number of methoxy groups -OCH3 is 1. The number of hydrogen-bond acceptors (Lipinski definition) is 5. The lowest BCUT2D eigenvalue weighted by Gasteiger charge is -2.25. The summed E-state index contributed by atoms with van der Waals surface area (Å²) in [6.45, 7) is 2.04. The molecule has 7 heteroatoms. The molecular weight excluding hydrogens is 457 g/mol. The third-order valence-corrected chi connectivity index (χ3v) is 5.92. The first-order valence-electron chi connectivity index (χ1n) is 12.0. The van der Waals surface area contributed by atoms with Crippen molar-refractivity contribution >= 4 is 0 Å². The van der Waals surface area contributed by atoms with Gasteiger partial charge in [0.25, 0.3) is 0 Å². The Labute approximate surface area is 211 Å². The van der Waals surface area contributed by atoms with Crippen LogP contribution < -0.4 is 4.74 Å². The van der Waals surface area contributed by atoms with Crippen LogP contribution in [-0.2, 0) is 24.8 Å². The van der Waals surface area contributed by atoms with Gasteiger partial charge >= 0.3 is 0 Å². The Morgan fingerprint density at radius 2 is 1.72 bits per heavy atom. The van der Waals surface area contributed by atoms with Gasteiger partial charge in [0.1, 0.15) is 17.3 Å². The maximum atomic E-state index is 13.9. The van der Waals surface area contributed by atoms with Crippen molar-refractivity contribution in [2.24, 2.45) is 7.05 Å². The zero-order valence-corrected chi connectivity index (χ0v) is 20.7. The molecule has 188 valence electrons. The topological polar surface area (TPSA) is 59.8 Å². The molecule has 0 spiro atoms. The zero-order valence-electron chi connectivity index (χ0n) is 20.7. The summed E-state index contributed by atoms with van der Waals surface area (Å²) in [7, 11) is 3.48.